The highest BCUT2D eigenvalue weighted by Crippen LogP contribution is 2.15. The van der Waals surface area contributed by atoms with Crippen LogP contribution in [0.2, 0.25) is 0 Å². The molecule has 0 unspecified atom stereocenters. The minimum Gasteiger partial charge on any atom is -0.469 e. The summed E-state index contributed by atoms with van der Waals surface area (Å²) >= 11 is 0. The first-order chi connectivity index (χ1) is 33.1. The summed E-state index contributed by atoms with van der Waals surface area (Å²) < 4.78 is 9.15. The summed E-state index contributed by atoms with van der Waals surface area (Å²) in [6, 6.07) is 15.2. The molecule has 0 aromatic heterocycles. The number of hydrogen-bond donors (Lipinski definition) is 7. The maximum Gasteiger partial charge on any atom is 0.306 e. The van der Waals surface area contributed by atoms with Crippen LogP contribution in [0.5, 0.6) is 0 Å². The zero-order valence-electron chi connectivity index (χ0n) is 41.6. The van der Waals surface area contributed by atoms with Crippen molar-refractivity contribution in [3.8, 4) is 0 Å². The van der Waals surface area contributed by atoms with Gasteiger partial charge < -0.3 is 68.4 Å². The number of ether oxygens (including phenoxy) is 2. The molecule has 0 aliphatic heterocycles. The van der Waals surface area contributed by atoms with Gasteiger partial charge in [0.15, 0.2) is 0 Å². The van der Waals surface area contributed by atoms with Gasteiger partial charge in [-0.25, -0.2) is 0 Å². The smallest absolute Gasteiger partial charge is 0.306 e. The van der Waals surface area contributed by atoms with E-state index in [4.69, 9.17) is 28.7 Å². The average molecular weight is 1000 g/mol. The van der Waals surface area contributed by atoms with E-state index in [0.29, 0.717) is 91.6 Å². The van der Waals surface area contributed by atoms with Crippen LogP contribution >= 0.6 is 0 Å². The van der Waals surface area contributed by atoms with Gasteiger partial charge in [0.2, 0.25) is 35.4 Å². The number of carbonyl (C=O) groups excluding carboxylic acids is 8. The van der Waals surface area contributed by atoms with E-state index < -0.39 is 11.9 Å². The summed E-state index contributed by atoms with van der Waals surface area (Å²) in [5.41, 5.74) is 31.1. The number of benzene rings is 2. The Bertz CT molecular complexity index is 1690. The van der Waals surface area contributed by atoms with Gasteiger partial charge in [-0.1, -0.05) is 70.3 Å². The Morgan fingerprint density at radius 3 is 0.803 bits per heavy atom. The van der Waals surface area contributed by atoms with Gasteiger partial charge in [-0.2, -0.15) is 0 Å². The summed E-state index contributed by atoms with van der Waals surface area (Å²) in [6.07, 6.45) is 0.744. The number of carbonyl (C=O) groups is 8. The van der Waals surface area contributed by atoms with Crippen molar-refractivity contribution in [1.29, 1.82) is 0 Å². The fourth-order valence-corrected chi connectivity index (χ4v) is 6.44. The molecule has 6 amide bonds. The Morgan fingerprint density at radius 1 is 0.408 bits per heavy atom. The molecule has 2 aromatic rings. The largest absolute Gasteiger partial charge is 0.469 e. The van der Waals surface area contributed by atoms with Crippen molar-refractivity contribution in [2.24, 2.45) is 28.7 Å². The van der Waals surface area contributed by atoms with Crippen molar-refractivity contribution in [3.05, 3.63) is 70.8 Å². The molecular weight excluding hydrogens is 915 g/mol. The molecule has 0 heterocycles. The Kier molecular flexibility index (Phi) is 41.8. The summed E-state index contributed by atoms with van der Waals surface area (Å²) in [4.78, 5) is 102. The van der Waals surface area contributed by atoms with E-state index in [1.165, 1.54) is 14.2 Å². The van der Waals surface area contributed by atoms with Crippen LogP contribution in [0.25, 0.3) is 0 Å². The molecule has 0 spiro atoms. The highest BCUT2D eigenvalue weighted by molar-refractivity contribution is 5.85. The van der Waals surface area contributed by atoms with Crippen LogP contribution in [0.4, 0.5) is 0 Å². The lowest BCUT2D eigenvalue weighted by Gasteiger charge is -2.24. The highest BCUT2D eigenvalue weighted by Gasteiger charge is 2.19. The van der Waals surface area contributed by atoms with Gasteiger partial charge in [0.1, 0.15) is 0 Å². The fourth-order valence-electron chi connectivity index (χ4n) is 6.44. The van der Waals surface area contributed by atoms with Gasteiger partial charge in [-0.15, -0.1) is 0 Å². The second-order valence-electron chi connectivity index (χ2n) is 15.5. The average Bonchev–Trinajstić information content (AvgIpc) is 3.34. The molecule has 21 heteroatoms. The van der Waals surface area contributed by atoms with Crippen molar-refractivity contribution < 1.29 is 47.8 Å². The quantitative estimate of drug-likeness (QED) is 0.0546. The van der Waals surface area contributed by atoms with E-state index >= 15 is 0 Å². The summed E-state index contributed by atoms with van der Waals surface area (Å²) in [5, 5.41) is 5.38. The molecule has 2 rings (SSSR count). The zero-order chi connectivity index (χ0) is 52.0. The summed E-state index contributed by atoms with van der Waals surface area (Å²) in [7, 11) is 2.57. The van der Waals surface area contributed by atoms with Gasteiger partial charge >= 0.3 is 11.9 Å². The van der Waals surface area contributed by atoms with Crippen LogP contribution < -0.4 is 39.3 Å². The first-order valence-electron chi connectivity index (χ1n) is 23.5. The number of hydrogen-bond acceptors (Lipinski definition) is 15. The highest BCUT2D eigenvalue weighted by atomic mass is 16.5. The molecule has 2 aromatic carbocycles. The van der Waals surface area contributed by atoms with Gasteiger partial charge in [0.05, 0.1) is 27.1 Å². The van der Waals surface area contributed by atoms with Crippen molar-refractivity contribution in [1.82, 2.24) is 30.2 Å². The van der Waals surface area contributed by atoms with Gasteiger partial charge in [-0.3, -0.25) is 38.4 Å². The van der Waals surface area contributed by atoms with Crippen molar-refractivity contribution in [3.63, 3.8) is 0 Å². The van der Waals surface area contributed by atoms with Crippen LogP contribution in [0.3, 0.4) is 0 Å². The van der Waals surface area contributed by atoms with E-state index in [9.17, 15) is 38.4 Å². The van der Waals surface area contributed by atoms with Crippen molar-refractivity contribution in [2.75, 3.05) is 86.2 Å². The first-order valence-corrected chi connectivity index (χ1v) is 23.5. The standard InChI is InChI=1S/C24H40N6O4.C22H34N4O6.C2H7N.2CH4/c1-3-27-21(31)9-11-23(33)29(15-13-25)17-19-5-7-20(8-6-19)18-30(16-14-26)24(34)12-10-22(32)28-4-2;1-31-21(29)9-7-19(27)25(13-11-23)15-17-3-5-18(6-4-17)16-26(14-12-24)20(28)8-10-22(30)32-2;1-2-3;;/h5-8H,3-4,9-18,25-26H2,1-2H3,(H,27,31)(H,28,32);3-6H,7-16,23-24H2,1-2H3;2-3H2,1H3;2*1H4. The molecule has 0 radical (unpaired) electrons. The number of amides is 6. The van der Waals surface area contributed by atoms with Crippen molar-refractivity contribution >= 4 is 47.4 Å². The molecule has 71 heavy (non-hydrogen) atoms. The van der Waals surface area contributed by atoms with Crippen molar-refractivity contribution in [2.45, 2.75) is 113 Å². The van der Waals surface area contributed by atoms with Crippen LogP contribution in [0, 0.1) is 0 Å². The predicted molar refractivity (Wildman–Crippen MR) is 277 cm³/mol. The lowest BCUT2D eigenvalue weighted by Crippen LogP contribution is -2.36. The topological polar surface area (TPSA) is 322 Å². The molecule has 0 bridgehead atoms. The Morgan fingerprint density at radius 2 is 0.620 bits per heavy atom. The SMILES string of the molecule is C.C.CCN.CCNC(=O)CCC(=O)N(CCN)Cc1ccc(CN(CCN)C(=O)CCC(=O)NCC)cc1.COC(=O)CCC(=O)N(CCN)Cc1ccc(CN(CCN)C(=O)CCC(=O)OC)cc1. The van der Waals surface area contributed by atoms with Gasteiger partial charge in [0, 0.05) is 130 Å². The third kappa shape index (κ3) is 31.8. The fraction of sp³-hybridized carbons (Fsp3) is 0.600. The second-order valence-corrected chi connectivity index (χ2v) is 15.5. The molecule has 0 saturated carbocycles. The normalized spacial score (nSPS) is 9.94. The molecule has 0 saturated heterocycles. The van der Waals surface area contributed by atoms with Crippen LogP contribution in [0.15, 0.2) is 48.5 Å². The second kappa shape index (κ2) is 42.8. The van der Waals surface area contributed by atoms with E-state index in [1.54, 1.807) is 19.6 Å². The molecular formula is C50H89N11O10. The molecule has 12 N–H and O–H groups in total. The third-order valence-electron chi connectivity index (χ3n) is 9.97. The zero-order valence-corrected chi connectivity index (χ0v) is 41.6. The Balaban J connectivity index is -0.00000120. The van der Waals surface area contributed by atoms with Crippen LogP contribution in [0.1, 0.15) is 109 Å². The molecule has 0 aliphatic rings. The van der Waals surface area contributed by atoms with E-state index in [0.717, 1.165) is 28.8 Å². The summed E-state index contributed by atoms with van der Waals surface area (Å²) in [5.74, 6) is -1.73. The maximum atomic E-state index is 12.6. The number of methoxy groups -OCH3 is 2. The molecule has 404 valence electrons. The number of nitrogens with zero attached hydrogens (tertiary/aromatic N) is 4. The van der Waals surface area contributed by atoms with Crippen LogP contribution in [-0.2, 0) is 74.0 Å². The lowest BCUT2D eigenvalue weighted by atomic mass is 10.1. The molecule has 0 aliphatic carbocycles. The minimum absolute atomic E-state index is 0. The Labute approximate surface area is 423 Å². The number of nitrogens with one attached hydrogen (secondary N) is 2. The van der Waals surface area contributed by atoms with Crippen LogP contribution in [-0.4, -0.2) is 153 Å². The van der Waals surface area contributed by atoms with Gasteiger partial charge in [0.25, 0.3) is 0 Å². The summed E-state index contributed by atoms with van der Waals surface area (Å²) in [6.45, 7) is 11.7. The maximum absolute atomic E-state index is 12.6. The van der Waals surface area contributed by atoms with E-state index in [2.05, 4.69) is 20.1 Å². The molecule has 21 nitrogen and oxygen atoms in total. The van der Waals surface area contributed by atoms with E-state index in [1.807, 2.05) is 69.3 Å². The molecule has 0 fully saturated rings. The molecule has 0 atom stereocenters. The number of rotatable bonds is 30. The minimum atomic E-state index is -0.432. The third-order valence-corrected chi connectivity index (χ3v) is 9.97. The number of nitrogens with two attached hydrogens (primary N) is 5. The Hall–Kier alpha value is -6.00. The monoisotopic (exact) mass is 1000 g/mol. The predicted octanol–water partition coefficient (Wildman–Crippen LogP) is 1.50. The van der Waals surface area contributed by atoms with Gasteiger partial charge in [-0.05, 0) is 42.6 Å². The lowest BCUT2D eigenvalue weighted by molar-refractivity contribution is -0.144. The first kappa shape index (κ1) is 69.3. The number of esters is 2. The van der Waals surface area contributed by atoms with E-state index in [-0.39, 0.29) is 102 Å².